The summed E-state index contributed by atoms with van der Waals surface area (Å²) < 4.78 is 137. The van der Waals surface area contributed by atoms with Crippen molar-refractivity contribution in [3.8, 4) is 0 Å². The van der Waals surface area contributed by atoms with Crippen molar-refractivity contribution in [3.05, 3.63) is 65.0 Å². The maximum atomic E-state index is 15.0. The summed E-state index contributed by atoms with van der Waals surface area (Å²) in [7, 11) is -4.53. The molecule has 2 aromatic carbocycles. The molecule has 1 amide bonds. The van der Waals surface area contributed by atoms with Gasteiger partial charge in [-0.1, -0.05) is 18.2 Å². The Morgan fingerprint density at radius 1 is 0.822 bits per heavy atom. The Morgan fingerprint density at radius 2 is 1.40 bits per heavy atom. The summed E-state index contributed by atoms with van der Waals surface area (Å²) in [4.78, 5) is 24.2. The van der Waals surface area contributed by atoms with E-state index in [1.165, 1.54) is 0 Å². The molecular weight excluding hydrogens is 638 g/mol. The molecule has 45 heavy (non-hydrogen) atoms. The van der Waals surface area contributed by atoms with Crippen LogP contribution in [0.15, 0.2) is 47.4 Å². The Morgan fingerprint density at radius 3 is 1.96 bits per heavy atom. The first kappa shape index (κ1) is 33.1. The summed E-state index contributed by atoms with van der Waals surface area (Å²) in [6, 6.07) is 4.56. The monoisotopic (exact) mass is 667 g/mol. The number of carbonyl (C=O) groups is 2. The number of rotatable bonds is 6. The van der Waals surface area contributed by atoms with E-state index >= 15 is 0 Å². The molecule has 0 unspecified atom stereocenters. The number of hydrogen-bond donors (Lipinski definition) is 2. The smallest absolute Gasteiger partial charge is 0.435 e. The summed E-state index contributed by atoms with van der Waals surface area (Å²) in [6.45, 7) is 0. The summed E-state index contributed by atoms with van der Waals surface area (Å²) in [6.07, 6.45) is -11.9. The third-order valence-corrected chi connectivity index (χ3v) is 12.3. The van der Waals surface area contributed by atoms with Crippen molar-refractivity contribution in [3.63, 3.8) is 0 Å². The number of nitrogens with one attached hydrogen (secondary N) is 1. The number of carbonyl (C=O) groups excluding carboxylic acids is 1. The van der Waals surface area contributed by atoms with Crippen molar-refractivity contribution in [2.75, 3.05) is 0 Å². The summed E-state index contributed by atoms with van der Waals surface area (Å²) >= 11 is 0. The predicted molar refractivity (Wildman–Crippen MR) is 143 cm³/mol. The lowest BCUT2D eigenvalue weighted by molar-refractivity contribution is -0.348. The molecule has 2 N–H and O–H groups in total. The van der Waals surface area contributed by atoms with Gasteiger partial charge in [0.15, 0.2) is 9.84 Å². The van der Waals surface area contributed by atoms with Gasteiger partial charge in [-0.3, -0.25) is 9.59 Å². The van der Waals surface area contributed by atoms with Crippen LogP contribution in [-0.2, 0) is 36.3 Å². The van der Waals surface area contributed by atoms with E-state index < -0.39 is 79.7 Å². The number of alkyl halides is 7. The zero-order chi connectivity index (χ0) is 33.2. The second kappa shape index (κ2) is 11.2. The van der Waals surface area contributed by atoms with Gasteiger partial charge in [-0.05, 0) is 86.8 Å². The molecular formula is C30H29F8NO5S. The van der Waals surface area contributed by atoms with Crippen molar-refractivity contribution >= 4 is 21.7 Å². The minimum atomic E-state index is -6.36. The van der Waals surface area contributed by atoms with E-state index in [9.17, 15) is 58.2 Å². The Labute approximate surface area is 253 Å². The highest BCUT2D eigenvalue weighted by atomic mass is 32.2. The maximum Gasteiger partial charge on any atom is 0.435 e. The number of halogens is 8. The molecule has 0 saturated heterocycles. The number of hydrogen-bond acceptors (Lipinski definition) is 4. The third-order valence-electron chi connectivity index (χ3n) is 9.75. The molecule has 3 aliphatic carbocycles. The topological polar surface area (TPSA) is 101 Å². The van der Waals surface area contributed by atoms with Crippen LogP contribution in [0.3, 0.4) is 0 Å². The third kappa shape index (κ3) is 5.28. The molecule has 3 aliphatic rings. The zero-order valence-electron chi connectivity index (χ0n) is 23.5. The van der Waals surface area contributed by atoms with Gasteiger partial charge in [0.1, 0.15) is 10.6 Å². The number of carboxylic acid groups (broad SMARTS) is 1. The van der Waals surface area contributed by atoms with E-state index in [4.69, 9.17) is 0 Å². The Bertz CT molecular complexity index is 1570. The van der Waals surface area contributed by atoms with E-state index in [2.05, 4.69) is 5.32 Å². The van der Waals surface area contributed by atoms with E-state index in [1.54, 1.807) is 0 Å². The first-order valence-electron chi connectivity index (χ1n) is 14.3. The quantitative estimate of drug-likeness (QED) is 0.270. The molecule has 0 heterocycles. The van der Waals surface area contributed by atoms with Gasteiger partial charge in [0.05, 0.1) is 10.8 Å². The lowest BCUT2D eigenvalue weighted by Gasteiger charge is -2.43. The highest BCUT2D eigenvalue weighted by Crippen LogP contribution is 2.59. The lowest BCUT2D eigenvalue weighted by Crippen LogP contribution is -2.51. The number of amides is 1. The molecule has 246 valence electrons. The van der Waals surface area contributed by atoms with Crippen molar-refractivity contribution < 1.29 is 58.2 Å². The van der Waals surface area contributed by atoms with Gasteiger partial charge in [0, 0.05) is 23.4 Å². The molecule has 6 nitrogen and oxygen atoms in total. The largest absolute Gasteiger partial charge is 0.481 e. The van der Waals surface area contributed by atoms with Gasteiger partial charge in [-0.2, -0.15) is 26.3 Å². The number of aryl methyl sites for hydroxylation is 1. The molecule has 0 spiro atoms. The number of fused-ring (bicyclic) bond motifs is 3. The van der Waals surface area contributed by atoms with Crippen LogP contribution < -0.4 is 5.32 Å². The van der Waals surface area contributed by atoms with Gasteiger partial charge in [0.25, 0.3) is 0 Å². The standard InChI is InChI=1S/C30H29F8NO5S/c31-20-7-9-21(10-8-20)45(43,44)27-14-13-24(39-25(40)16-1-3-17(4-2-16)26(41)42)23(27)11-5-18-15-19(6-12-22(18)27)28(32,29(33,34)35)30(36,37)38/h6-10,12,15-17,23-24H,1-5,11,13-14H2,(H,39,40)(H,41,42)/t16?,17?,23-,24+,27+/m0/s1. The minimum Gasteiger partial charge on any atom is -0.481 e. The molecule has 0 radical (unpaired) electrons. The van der Waals surface area contributed by atoms with Crippen molar-refractivity contribution in [2.45, 2.75) is 85.1 Å². The Hall–Kier alpha value is -3.23. The minimum absolute atomic E-state index is 0.0785. The fraction of sp³-hybridized carbons (Fsp3) is 0.533. The second-order valence-corrected chi connectivity index (χ2v) is 14.3. The van der Waals surface area contributed by atoms with Gasteiger partial charge in [-0.15, -0.1) is 0 Å². The number of benzene rings is 2. The maximum absolute atomic E-state index is 15.0. The number of carboxylic acids is 1. The first-order valence-corrected chi connectivity index (χ1v) is 15.8. The first-order chi connectivity index (χ1) is 20.8. The van der Waals surface area contributed by atoms with E-state index in [0.29, 0.717) is 25.0 Å². The molecule has 3 atom stereocenters. The molecule has 0 aliphatic heterocycles. The van der Waals surface area contributed by atoms with Gasteiger partial charge >= 0.3 is 24.0 Å². The van der Waals surface area contributed by atoms with Crippen LogP contribution in [0.4, 0.5) is 35.1 Å². The van der Waals surface area contributed by atoms with Crippen LogP contribution in [0.5, 0.6) is 0 Å². The van der Waals surface area contributed by atoms with Crippen molar-refractivity contribution in [2.24, 2.45) is 17.8 Å². The van der Waals surface area contributed by atoms with Crippen LogP contribution >= 0.6 is 0 Å². The second-order valence-electron chi connectivity index (χ2n) is 12.1. The van der Waals surface area contributed by atoms with Gasteiger partial charge in [0.2, 0.25) is 5.91 Å². The van der Waals surface area contributed by atoms with Crippen molar-refractivity contribution in [1.29, 1.82) is 0 Å². The van der Waals surface area contributed by atoms with Crippen LogP contribution in [0, 0.1) is 23.6 Å². The highest BCUT2D eigenvalue weighted by Gasteiger charge is 2.73. The normalized spacial score (nSPS) is 27.4. The lowest BCUT2D eigenvalue weighted by atomic mass is 9.73. The number of sulfone groups is 1. The SMILES string of the molecule is O=C(O)C1CCC(C(=O)N[C@@H]2CC[C@@]3(S(=O)(=O)c4ccc(F)cc4)c4ccc(C(F)(C(F)(F)F)C(F)(F)F)cc4CC[C@@H]23)CC1. The Balaban J connectivity index is 1.56. The molecule has 2 saturated carbocycles. The van der Waals surface area contributed by atoms with Crippen molar-refractivity contribution in [1.82, 2.24) is 5.32 Å². The number of aliphatic carboxylic acids is 1. The highest BCUT2D eigenvalue weighted by molar-refractivity contribution is 7.92. The van der Waals surface area contributed by atoms with E-state index in [1.807, 2.05) is 0 Å². The summed E-state index contributed by atoms with van der Waals surface area (Å²) in [5.41, 5.74) is -7.74. The zero-order valence-corrected chi connectivity index (χ0v) is 24.3. The van der Waals surface area contributed by atoms with Gasteiger partial charge < -0.3 is 10.4 Å². The average molecular weight is 668 g/mol. The molecule has 2 fully saturated rings. The Kier molecular flexibility index (Phi) is 8.27. The summed E-state index contributed by atoms with van der Waals surface area (Å²) in [5, 5.41) is 12.1. The fourth-order valence-electron chi connectivity index (χ4n) is 7.46. The summed E-state index contributed by atoms with van der Waals surface area (Å²) in [5.74, 6) is -4.09. The predicted octanol–water partition coefficient (Wildman–Crippen LogP) is 6.52. The van der Waals surface area contributed by atoms with Crippen LogP contribution in [0.1, 0.15) is 61.6 Å². The van der Waals surface area contributed by atoms with E-state index in [-0.39, 0.29) is 54.5 Å². The average Bonchev–Trinajstić information content (AvgIpc) is 3.35. The molecule has 0 bridgehead atoms. The van der Waals surface area contributed by atoms with Crippen LogP contribution in [0.2, 0.25) is 0 Å². The van der Waals surface area contributed by atoms with Crippen LogP contribution in [0.25, 0.3) is 0 Å². The molecule has 0 aromatic heterocycles. The van der Waals surface area contributed by atoms with Crippen LogP contribution in [-0.4, -0.2) is 43.8 Å². The fourth-order valence-corrected chi connectivity index (χ4v) is 9.93. The van der Waals surface area contributed by atoms with E-state index in [0.717, 1.165) is 30.3 Å². The van der Waals surface area contributed by atoms with Gasteiger partial charge in [-0.25, -0.2) is 17.2 Å². The molecule has 5 rings (SSSR count). The molecule has 15 heteroatoms. The molecule has 2 aromatic rings.